The van der Waals surface area contributed by atoms with E-state index in [1.54, 1.807) is 6.92 Å². The Balaban J connectivity index is 2.27. The summed E-state index contributed by atoms with van der Waals surface area (Å²) in [4.78, 5) is 12.2. The second-order valence-electron chi connectivity index (χ2n) is 5.50. The van der Waals surface area contributed by atoms with Gasteiger partial charge in [0, 0.05) is 12.6 Å². The van der Waals surface area contributed by atoms with Crippen LogP contribution in [0.3, 0.4) is 0 Å². The topological polar surface area (TPSA) is 41.1 Å². The molecule has 6 heteroatoms. The van der Waals surface area contributed by atoms with Crippen molar-refractivity contribution in [2.45, 2.75) is 38.9 Å². The molecule has 2 rings (SSSR count). The first kappa shape index (κ1) is 15.7. The minimum atomic E-state index is -4.49. The molecular weight excluding hydrogens is 281 g/mol. The van der Waals surface area contributed by atoms with Crippen molar-refractivity contribution in [3.63, 3.8) is 0 Å². The number of nitrogens with one attached hydrogen (secondary N) is 2. The lowest BCUT2D eigenvalue weighted by molar-refractivity contribution is -0.137. The van der Waals surface area contributed by atoms with Gasteiger partial charge < -0.3 is 10.6 Å². The fourth-order valence-electron chi connectivity index (χ4n) is 2.63. The van der Waals surface area contributed by atoms with Gasteiger partial charge in [0.15, 0.2) is 0 Å². The van der Waals surface area contributed by atoms with E-state index in [2.05, 4.69) is 17.6 Å². The van der Waals surface area contributed by atoms with Gasteiger partial charge >= 0.3 is 6.18 Å². The van der Waals surface area contributed by atoms with Gasteiger partial charge in [-0.3, -0.25) is 4.79 Å². The van der Waals surface area contributed by atoms with E-state index in [-0.39, 0.29) is 17.3 Å². The van der Waals surface area contributed by atoms with Gasteiger partial charge in [0.2, 0.25) is 0 Å². The third kappa shape index (κ3) is 3.49. The standard InChI is InChI=1S/C15H19F3N2O/c1-3-19-13-11(5-4-6-12(13)15(16,17)18)14(21)20-10-7-9(2)8-10/h4-6,9-10,19H,3,7-8H2,1-2H3,(H,20,21). The second kappa shape index (κ2) is 5.95. The summed E-state index contributed by atoms with van der Waals surface area (Å²) >= 11 is 0. The van der Waals surface area contributed by atoms with Gasteiger partial charge in [0.1, 0.15) is 0 Å². The molecule has 0 unspecified atom stereocenters. The molecule has 1 aliphatic rings. The molecule has 2 N–H and O–H groups in total. The molecule has 0 atom stereocenters. The Morgan fingerprint density at radius 1 is 1.33 bits per heavy atom. The first-order valence-electron chi connectivity index (χ1n) is 7.07. The van der Waals surface area contributed by atoms with Crippen LogP contribution in [0.25, 0.3) is 0 Å². The van der Waals surface area contributed by atoms with Crippen LogP contribution >= 0.6 is 0 Å². The Kier molecular flexibility index (Phi) is 4.44. The van der Waals surface area contributed by atoms with Crippen molar-refractivity contribution in [2.24, 2.45) is 5.92 Å². The van der Waals surface area contributed by atoms with Crippen LogP contribution in [0.15, 0.2) is 18.2 Å². The monoisotopic (exact) mass is 300 g/mol. The Bertz CT molecular complexity index is 522. The molecular formula is C15H19F3N2O. The zero-order valence-corrected chi connectivity index (χ0v) is 12.1. The van der Waals surface area contributed by atoms with E-state index in [9.17, 15) is 18.0 Å². The van der Waals surface area contributed by atoms with Crippen LogP contribution < -0.4 is 10.6 Å². The molecule has 1 saturated carbocycles. The van der Waals surface area contributed by atoms with E-state index in [1.807, 2.05) is 0 Å². The lowest BCUT2D eigenvalue weighted by Crippen LogP contribution is -2.43. The largest absolute Gasteiger partial charge is 0.418 e. The Hall–Kier alpha value is -1.72. The number of carbonyl (C=O) groups is 1. The van der Waals surface area contributed by atoms with Gasteiger partial charge in [-0.15, -0.1) is 0 Å². The fourth-order valence-corrected chi connectivity index (χ4v) is 2.63. The maximum Gasteiger partial charge on any atom is 0.418 e. The van der Waals surface area contributed by atoms with Crippen LogP contribution in [0.5, 0.6) is 0 Å². The SMILES string of the molecule is CCNc1c(C(=O)NC2CC(C)C2)cccc1C(F)(F)F. The number of amides is 1. The predicted octanol–water partition coefficient (Wildman–Crippen LogP) is 3.67. The summed E-state index contributed by atoms with van der Waals surface area (Å²) in [6, 6.07) is 3.74. The van der Waals surface area contributed by atoms with Crippen molar-refractivity contribution >= 4 is 11.6 Å². The summed E-state index contributed by atoms with van der Waals surface area (Å²) in [5.74, 6) is 0.110. The van der Waals surface area contributed by atoms with Crippen molar-refractivity contribution < 1.29 is 18.0 Å². The molecule has 1 aliphatic carbocycles. The summed E-state index contributed by atoms with van der Waals surface area (Å²) in [6.45, 7) is 4.09. The summed E-state index contributed by atoms with van der Waals surface area (Å²) in [7, 11) is 0. The molecule has 0 heterocycles. The molecule has 0 saturated heterocycles. The number of hydrogen-bond donors (Lipinski definition) is 2. The highest BCUT2D eigenvalue weighted by Gasteiger charge is 2.35. The van der Waals surface area contributed by atoms with E-state index >= 15 is 0 Å². The lowest BCUT2D eigenvalue weighted by atomic mass is 9.82. The van der Waals surface area contributed by atoms with Crippen molar-refractivity contribution in [3.05, 3.63) is 29.3 Å². The fraction of sp³-hybridized carbons (Fsp3) is 0.533. The number of halogens is 3. The number of carbonyl (C=O) groups excluding carboxylic acids is 1. The average Bonchev–Trinajstić information content (AvgIpc) is 2.36. The summed E-state index contributed by atoms with van der Waals surface area (Å²) in [5, 5.41) is 5.46. The molecule has 0 spiro atoms. The molecule has 1 amide bonds. The quantitative estimate of drug-likeness (QED) is 0.891. The maximum atomic E-state index is 13.0. The van der Waals surface area contributed by atoms with Crippen LogP contribution in [0, 0.1) is 5.92 Å². The number of para-hydroxylation sites is 1. The molecule has 116 valence electrons. The van der Waals surface area contributed by atoms with Crippen LogP contribution in [-0.2, 0) is 6.18 Å². The minimum absolute atomic E-state index is 0.0474. The van der Waals surface area contributed by atoms with E-state index in [0.29, 0.717) is 12.5 Å². The Morgan fingerprint density at radius 2 is 2.00 bits per heavy atom. The van der Waals surface area contributed by atoms with Gasteiger partial charge in [0.25, 0.3) is 5.91 Å². The summed E-state index contributed by atoms with van der Waals surface area (Å²) in [5.41, 5.74) is -0.900. The zero-order chi connectivity index (χ0) is 15.6. The van der Waals surface area contributed by atoms with E-state index < -0.39 is 17.6 Å². The van der Waals surface area contributed by atoms with Gasteiger partial charge in [-0.05, 0) is 37.8 Å². The predicted molar refractivity (Wildman–Crippen MR) is 75.3 cm³/mol. The summed E-state index contributed by atoms with van der Waals surface area (Å²) < 4.78 is 39.1. The number of alkyl halides is 3. The highest BCUT2D eigenvalue weighted by molar-refractivity contribution is 6.00. The van der Waals surface area contributed by atoms with E-state index in [1.165, 1.54) is 12.1 Å². The highest BCUT2D eigenvalue weighted by Crippen LogP contribution is 2.37. The van der Waals surface area contributed by atoms with Gasteiger partial charge in [0.05, 0.1) is 16.8 Å². The summed E-state index contributed by atoms with van der Waals surface area (Å²) in [6.07, 6.45) is -2.73. The zero-order valence-electron chi connectivity index (χ0n) is 12.1. The minimum Gasteiger partial charge on any atom is -0.384 e. The molecule has 0 aromatic heterocycles. The second-order valence-corrected chi connectivity index (χ2v) is 5.50. The smallest absolute Gasteiger partial charge is 0.384 e. The maximum absolute atomic E-state index is 13.0. The van der Waals surface area contributed by atoms with Crippen molar-refractivity contribution in [1.29, 1.82) is 0 Å². The average molecular weight is 300 g/mol. The normalized spacial score (nSPS) is 21.6. The molecule has 1 aromatic rings. The van der Waals surface area contributed by atoms with Crippen molar-refractivity contribution in [3.8, 4) is 0 Å². The van der Waals surface area contributed by atoms with Crippen LogP contribution in [0.2, 0.25) is 0 Å². The molecule has 3 nitrogen and oxygen atoms in total. The Morgan fingerprint density at radius 3 is 2.52 bits per heavy atom. The first-order valence-corrected chi connectivity index (χ1v) is 7.07. The first-order chi connectivity index (χ1) is 9.82. The number of rotatable bonds is 4. The Labute approximate surface area is 121 Å². The van der Waals surface area contributed by atoms with Crippen LogP contribution in [0.4, 0.5) is 18.9 Å². The third-order valence-corrected chi connectivity index (χ3v) is 3.68. The van der Waals surface area contributed by atoms with Gasteiger partial charge in [-0.2, -0.15) is 13.2 Å². The lowest BCUT2D eigenvalue weighted by Gasteiger charge is -2.33. The van der Waals surface area contributed by atoms with E-state index in [4.69, 9.17) is 0 Å². The number of hydrogen-bond acceptors (Lipinski definition) is 2. The van der Waals surface area contributed by atoms with Crippen LogP contribution in [0.1, 0.15) is 42.6 Å². The molecule has 0 aliphatic heterocycles. The highest BCUT2D eigenvalue weighted by atomic mass is 19.4. The number of anilines is 1. The molecule has 1 aromatic carbocycles. The van der Waals surface area contributed by atoms with E-state index in [0.717, 1.165) is 18.9 Å². The van der Waals surface area contributed by atoms with Gasteiger partial charge in [-0.25, -0.2) is 0 Å². The number of benzene rings is 1. The molecule has 0 bridgehead atoms. The molecule has 1 fully saturated rings. The molecule has 21 heavy (non-hydrogen) atoms. The third-order valence-electron chi connectivity index (χ3n) is 3.68. The molecule has 0 radical (unpaired) electrons. The van der Waals surface area contributed by atoms with Crippen molar-refractivity contribution in [1.82, 2.24) is 5.32 Å². The van der Waals surface area contributed by atoms with Crippen LogP contribution in [-0.4, -0.2) is 18.5 Å². The van der Waals surface area contributed by atoms with Gasteiger partial charge in [-0.1, -0.05) is 13.0 Å². The van der Waals surface area contributed by atoms with Crippen molar-refractivity contribution in [2.75, 3.05) is 11.9 Å².